The van der Waals surface area contributed by atoms with E-state index in [1.807, 2.05) is 30.3 Å². The van der Waals surface area contributed by atoms with Gasteiger partial charge in [-0.05, 0) is 11.6 Å². The molecular formula is C16H18FN3O3S. The van der Waals surface area contributed by atoms with Gasteiger partial charge in [0.15, 0.2) is 0 Å². The van der Waals surface area contributed by atoms with Gasteiger partial charge in [-0.1, -0.05) is 30.3 Å². The van der Waals surface area contributed by atoms with Crippen LogP contribution in [0, 0.1) is 5.92 Å². The molecule has 1 aromatic carbocycles. The fourth-order valence-corrected chi connectivity index (χ4v) is 3.93. The molecular weight excluding hydrogens is 333 g/mol. The molecule has 24 heavy (non-hydrogen) atoms. The Morgan fingerprint density at radius 3 is 2.62 bits per heavy atom. The predicted molar refractivity (Wildman–Crippen MR) is 86.1 cm³/mol. The van der Waals surface area contributed by atoms with Crippen LogP contribution in [0.1, 0.15) is 18.0 Å². The maximum atomic E-state index is 13.0. The highest BCUT2D eigenvalue weighted by atomic mass is 32.3. The fraction of sp³-hybridized carbons (Fsp3) is 0.375. The van der Waals surface area contributed by atoms with Crippen molar-refractivity contribution in [2.45, 2.75) is 19.0 Å². The lowest BCUT2D eigenvalue weighted by molar-refractivity contribution is -0.130. The van der Waals surface area contributed by atoms with Crippen LogP contribution in [0.15, 0.2) is 48.8 Å². The summed E-state index contributed by atoms with van der Waals surface area (Å²) in [6.07, 6.45) is 3.51. The van der Waals surface area contributed by atoms with Gasteiger partial charge in [-0.15, -0.1) is 3.89 Å². The second-order valence-corrected chi connectivity index (χ2v) is 7.39. The topological polar surface area (TPSA) is 72.3 Å². The lowest BCUT2D eigenvalue weighted by Gasteiger charge is -2.28. The van der Waals surface area contributed by atoms with E-state index in [0.29, 0.717) is 6.54 Å². The van der Waals surface area contributed by atoms with Crippen molar-refractivity contribution in [3.05, 3.63) is 54.4 Å². The van der Waals surface area contributed by atoms with Crippen molar-refractivity contribution in [1.29, 1.82) is 0 Å². The number of hydrogen-bond acceptors (Lipinski definition) is 4. The summed E-state index contributed by atoms with van der Waals surface area (Å²) in [5, 5.41) is 4.18. The quantitative estimate of drug-likeness (QED) is 0.744. The van der Waals surface area contributed by atoms with Gasteiger partial charge < -0.3 is 4.90 Å². The van der Waals surface area contributed by atoms with Crippen molar-refractivity contribution in [2.75, 3.05) is 12.3 Å². The third-order valence-electron chi connectivity index (χ3n) is 4.15. The Morgan fingerprint density at radius 2 is 2.00 bits per heavy atom. The number of hydrogen-bond donors (Lipinski definition) is 0. The number of amides is 1. The van der Waals surface area contributed by atoms with Crippen molar-refractivity contribution >= 4 is 16.1 Å². The zero-order chi connectivity index (χ0) is 17.2. The second-order valence-electron chi connectivity index (χ2n) is 5.98. The third-order valence-corrected chi connectivity index (χ3v) is 5.02. The first-order valence-electron chi connectivity index (χ1n) is 7.66. The van der Waals surface area contributed by atoms with E-state index in [-0.39, 0.29) is 24.9 Å². The summed E-state index contributed by atoms with van der Waals surface area (Å²) in [4.78, 5) is 14.0. The smallest absolute Gasteiger partial charge is 0.302 e. The monoisotopic (exact) mass is 351 g/mol. The molecule has 1 fully saturated rings. The second kappa shape index (κ2) is 6.72. The van der Waals surface area contributed by atoms with E-state index in [9.17, 15) is 17.1 Å². The molecule has 1 aliphatic heterocycles. The zero-order valence-corrected chi connectivity index (χ0v) is 13.8. The summed E-state index contributed by atoms with van der Waals surface area (Å²) < 4.78 is 36.5. The normalized spacial score (nSPS) is 19.6. The van der Waals surface area contributed by atoms with Gasteiger partial charge in [0.2, 0.25) is 5.91 Å². The van der Waals surface area contributed by atoms with E-state index < -0.39 is 21.9 Å². The Balaban J connectivity index is 1.84. The molecule has 0 N–H and O–H groups in total. The van der Waals surface area contributed by atoms with Crippen LogP contribution < -0.4 is 0 Å². The minimum atomic E-state index is -4.59. The predicted octanol–water partition coefficient (Wildman–Crippen LogP) is 1.77. The molecule has 0 radical (unpaired) electrons. The number of benzene rings is 1. The van der Waals surface area contributed by atoms with Gasteiger partial charge in [0.05, 0.1) is 18.3 Å². The van der Waals surface area contributed by atoms with Crippen molar-refractivity contribution in [1.82, 2.24) is 14.7 Å². The maximum absolute atomic E-state index is 13.0. The van der Waals surface area contributed by atoms with Gasteiger partial charge in [-0.2, -0.15) is 13.5 Å². The molecule has 2 heterocycles. The van der Waals surface area contributed by atoms with Gasteiger partial charge in [0.25, 0.3) is 0 Å². The Kier molecular flexibility index (Phi) is 4.66. The number of nitrogens with zero attached hydrogens (tertiary/aromatic N) is 3. The SMILES string of the molecule is O=C1CC(CS(=O)(=O)F)CN1C(Cn1cccn1)c1ccccc1. The van der Waals surface area contributed by atoms with Crippen molar-refractivity contribution in [2.24, 2.45) is 5.92 Å². The molecule has 0 saturated carbocycles. The van der Waals surface area contributed by atoms with E-state index in [2.05, 4.69) is 5.10 Å². The molecule has 8 heteroatoms. The molecule has 2 aromatic rings. The van der Waals surface area contributed by atoms with E-state index in [1.165, 1.54) is 0 Å². The summed E-state index contributed by atoms with van der Waals surface area (Å²) >= 11 is 0. The van der Waals surface area contributed by atoms with Gasteiger partial charge >= 0.3 is 10.2 Å². The standard InChI is InChI=1S/C16H18FN3O3S/c17-24(22,23)12-13-9-16(21)20(10-13)15(11-19-8-4-7-18-19)14-5-2-1-3-6-14/h1-8,13,15H,9-12H2. The Bertz CT molecular complexity index is 793. The highest BCUT2D eigenvalue weighted by molar-refractivity contribution is 7.86. The van der Waals surface area contributed by atoms with Crippen molar-refractivity contribution in [3.63, 3.8) is 0 Å². The highest BCUT2D eigenvalue weighted by Crippen LogP contribution is 2.30. The van der Waals surface area contributed by atoms with Gasteiger partial charge in [0.1, 0.15) is 0 Å². The Hall–Kier alpha value is -2.22. The van der Waals surface area contributed by atoms with Crippen LogP contribution in [0.4, 0.5) is 3.89 Å². The number of carbonyl (C=O) groups is 1. The molecule has 1 saturated heterocycles. The highest BCUT2D eigenvalue weighted by Gasteiger charge is 2.37. The molecule has 0 aliphatic carbocycles. The van der Waals surface area contributed by atoms with Gasteiger partial charge in [-0.3, -0.25) is 9.48 Å². The molecule has 2 atom stereocenters. The third kappa shape index (κ3) is 4.00. The number of halogens is 1. The van der Waals surface area contributed by atoms with E-state index in [4.69, 9.17) is 0 Å². The average molecular weight is 351 g/mol. The van der Waals surface area contributed by atoms with Crippen molar-refractivity contribution in [3.8, 4) is 0 Å². The van der Waals surface area contributed by atoms with Crippen LogP contribution in [-0.2, 0) is 21.6 Å². The van der Waals surface area contributed by atoms with Crippen LogP contribution in [0.25, 0.3) is 0 Å². The molecule has 1 aromatic heterocycles. The largest absolute Gasteiger partial charge is 0.333 e. The molecule has 0 spiro atoms. The lowest BCUT2D eigenvalue weighted by Crippen LogP contribution is -2.33. The van der Waals surface area contributed by atoms with Crippen LogP contribution in [0.3, 0.4) is 0 Å². The van der Waals surface area contributed by atoms with Crippen LogP contribution in [0.2, 0.25) is 0 Å². The summed E-state index contributed by atoms with van der Waals surface area (Å²) in [5.41, 5.74) is 0.935. The fourth-order valence-electron chi connectivity index (χ4n) is 3.15. The first-order valence-corrected chi connectivity index (χ1v) is 9.22. The average Bonchev–Trinajstić information content (AvgIpc) is 3.14. The van der Waals surface area contributed by atoms with Crippen LogP contribution >= 0.6 is 0 Å². The van der Waals surface area contributed by atoms with Gasteiger partial charge in [0, 0.05) is 31.3 Å². The summed E-state index contributed by atoms with van der Waals surface area (Å²) in [6.45, 7) is 0.681. The maximum Gasteiger partial charge on any atom is 0.302 e. The molecule has 1 amide bonds. The summed E-state index contributed by atoms with van der Waals surface area (Å²) in [7, 11) is -4.59. The first-order chi connectivity index (χ1) is 11.4. The van der Waals surface area contributed by atoms with Gasteiger partial charge in [-0.25, -0.2) is 0 Å². The molecule has 128 valence electrons. The molecule has 2 unspecified atom stereocenters. The Morgan fingerprint density at radius 1 is 1.25 bits per heavy atom. The lowest BCUT2D eigenvalue weighted by atomic mass is 10.1. The minimum absolute atomic E-state index is 0.0472. The van der Waals surface area contributed by atoms with Crippen LogP contribution in [0.5, 0.6) is 0 Å². The molecule has 6 nitrogen and oxygen atoms in total. The molecule has 3 rings (SSSR count). The summed E-state index contributed by atoms with van der Waals surface area (Å²) in [6, 6.07) is 11.0. The molecule has 0 bridgehead atoms. The van der Waals surface area contributed by atoms with E-state index in [1.54, 1.807) is 28.0 Å². The molecule has 1 aliphatic rings. The Labute approximate surface area is 140 Å². The number of carbonyl (C=O) groups excluding carboxylic acids is 1. The number of rotatable bonds is 6. The zero-order valence-electron chi connectivity index (χ0n) is 13.0. The number of aromatic nitrogens is 2. The van der Waals surface area contributed by atoms with E-state index >= 15 is 0 Å². The van der Waals surface area contributed by atoms with E-state index in [0.717, 1.165) is 5.56 Å². The van der Waals surface area contributed by atoms with Crippen molar-refractivity contribution < 1.29 is 17.1 Å². The first kappa shape index (κ1) is 16.6. The summed E-state index contributed by atoms with van der Waals surface area (Å²) in [5.74, 6) is -1.29. The number of likely N-dealkylation sites (tertiary alicyclic amines) is 1. The minimum Gasteiger partial charge on any atom is -0.333 e. The van der Waals surface area contributed by atoms with Crippen LogP contribution in [-0.4, -0.2) is 41.3 Å².